The predicted octanol–water partition coefficient (Wildman–Crippen LogP) is 3.29. The third-order valence-electron chi connectivity index (χ3n) is 2.98. The Balaban J connectivity index is 2.78. The van der Waals surface area contributed by atoms with Crippen molar-refractivity contribution >= 4 is 41.9 Å². The average molecular weight is 429 g/mol. The van der Waals surface area contributed by atoms with Crippen molar-refractivity contribution in [2.75, 3.05) is 13.2 Å². The fourth-order valence-electron chi connectivity index (χ4n) is 1.94. The van der Waals surface area contributed by atoms with Gasteiger partial charge in [-0.3, -0.25) is 0 Å². The highest BCUT2D eigenvalue weighted by Gasteiger charge is 2.19. The summed E-state index contributed by atoms with van der Waals surface area (Å²) in [5.41, 5.74) is 0. The Bertz CT molecular complexity index is 528. The van der Waals surface area contributed by atoms with E-state index in [2.05, 4.69) is 36.6 Å². The SMILES string of the molecule is CCCC(CCO)CNS(=O)(=O)c1ccc(Br)cc1Br. The summed E-state index contributed by atoms with van der Waals surface area (Å²) in [6.07, 6.45) is 2.47. The van der Waals surface area contributed by atoms with E-state index >= 15 is 0 Å². The maximum absolute atomic E-state index is 12.3. The first-order valence-electron chi connectivity index (χ1n) is 6.46. The summed E-state index contributed by atoms with van der Waals surface area (Å²) in [6, 6.07) is 4.94. The van der Waals surface area contributed by atoms with Crippen LogP contribution < -0.4 is 4.72 Å². The second kappa shape index (κ2) is 8.48. The van der Waals surface area contributed by atoms with Crippen LogP contribution >= 0.6 is 31.9 Å². The number of aliphatic hydroxyl groups is 1. The zero-order valence-corrected chi connectivity index (χ0v) is 15.3. The molecule has 0 heterocycles. The van der Waals surface area contributed by atoms with Crippen molar-refractivity contribution < 1.29 is 13.5 Å². The first kappa shape index (κ1) is 18.1. The molecule has 2 N–H and O–H groups in total. The molecule has 1 rings (SSSR count). The van der Waals surface area contributed by atoms with Gasteiger partial charge in [-0.2, -0.15) is 0 Å². The molecule has 1 atom stereocenters. The van der Waals surface area contributed by atoms with Crippen LogP contribution in [-0.2, 0) is 10.0 Å². The van der Waals surface area contributed by atoms with E-state index in [4.69, 9.17) is 5.11 Å². The average Bonchev–Trinajstić information content (AvgIpc) is 2.36. The van der Waals surface area contributed by atoms with Gasteiger partial charge in [0.05, 0.1) is 4.90 Å². The second-order valence-electron chi connectivity index (χ2n) is 4.59. The van der Waals surface area contributed by atoms with E-state index in [-0.39, 0.29) is 17.4 Å². The van der Waals surface area contributed by atoms with Gasteiger partial charge < -0.3 is 5.11 Å². The lowest BCUT2D eigenvalue weighted by molar-refractivity contribution is 0.251. The maximum Gasteiger partial charge on any atom is 0.241 e. The van der Waals surface area contributed by atoms with Crippen molar-refractivity contribution in [1.29, 1.82) is 0 Å². The predicted molar refractivity (Wildman–Crippen MR) is 87.1 cm³/mol. The number of aliphatic hydroxyl groups excluding tert-OH is 1. The molecule has 1 aromatic rings. The smallest absolute Gasteiger partial charge is 0.241 e. The van der Waals surface area contributed by atoms with Gasteiger partial charge in [-0.1, -0.05) is 29.3 Å². The van der Waals surface area contributed by atoms with E-state index < -0.39 is 10.0 Å². The standard InChI is InChI=1S/C13H19Br2NO3S/c1-2-3-10(6-7-17)9-16-20(18,19)13-5-4-11(14)8-12(13)15/h4-5,8,10,16-17H,2-3,6-7,9H2,1H3. The van der Waals surface area contributed by atoms with E-state index in [9.17, 15) is 8.42 Å². The highest BCUT2D eigenvalue weighted by atomic mass is 79.9. The molecule has 0 aliphatic rings. The Labute approximate surface area is 137 Å². The first-order chi connectivity index (χ1) is 9.40. The molecular formula is C13H19Br2NO3S. The Morgan fingerprint density at radius 3 is 2.55 bits per heavy atom. The third kappa shape index (κ3) is 5.44. The Morgan fingerprint density at radius 2 is 2.00 bits per heavy atom. The van der Waals surface area contributed by atoms with Gasteiger partial charge in [-0.05, 0) is 52.9 Å². The van der Waals surface area contributed by atoms with Gasteiger partial charge in [0.1, 0.15) is 0 Å². The summed E-state index contributed by atoms with van der Waals surface area (Å²) < 4.78 is 28.5. The molecule has 20 heavy (non-hydrogen) atoms. The minimum atomic E-state index is -3.54. The minimum absolute atomic E-state index is 0.0778. The zero-order valence-electron chi connectivity index (χ0n) is 11.3. The molecule has 0 radical (unpaired) electrons. The quantitative estimate of drug-likeness (QED) is 0.667. The number of benzene rings is 1. The molecule has 0 saturated heterocycles. The molecule has 0 fully saturated rings. The van der Waals surface area contributed by atoms with Crippen LogP contribution in [0.4, 0.5) is 0 Å². The van der Waals surface area contributed by atoms with Crippen LogP contribution in [-0.4, -0.2) is 26.7 Å². The highest BCUT2D eigenvalue weighted by Crippen LogP contribution is 2.25. The lowest BCUT2D eigenvalue weighted by Gasteiger charge is -2.16. The molecule has 0 saturated carbocycles. The van der Waals surface area contributed by atoms with Gasteiger partial charge in [-0.25, -0.2) is 13.1 Å². The Morgan fingerprint density at radius 1 is 1.30 bits per heavy atom. The molecule has 4 nitrogen and oxygen atoms in total. The Hall–Kier alpha value is 0.0500. The van der Waals surface area contributed by atoms with E-state index in [0.29, 0.717) is 17.4 Å². The molecular weight excluding hydrogens is 410 g/mol. The summed E-state index contributed by atoms with van der Waals surface area (Å²) >= 11 is 6.56. The normalized spacial score (nSPS) is 13.4. The van der Waals surface area contributed by atoms with E-state index in [1.807, 2.05) is 6.92 Å². The molecule has 0 amide bonds. The highest BCUT2D eigenvalue weighted by molar-refractivity contribution is 9.11. The van der Waals surface area contributed by atoms with Crippen LogP contribution in [0.5, 0.6) is 0 Å². The summed E-state index contributed by atoms with van der Waals surface area (Å²) in [6.45, 7) is 2.47. The summed E-state index contributed by atoms with van der Waals surface area (Å²) in [5.74, 6) is 0.161. The minimum Gasteiger partial charge on any atom is -0.396 e. The number of hydrogen-bond donors (Lipinski definition) is 2. The van der Waals surface area contributed by atoms with Crippen molar-refractivity contribution in [1.82, 2.24) is 4.72 Å². The van der Waals surface area contributed by atoms with Gasteiger partial charge in [0, 0.05) is 22.1 Å². The Kier molecular flexibility index (Phi) is 7.68. The van der Waals surface area contributed by atoms with Gasteiger partial charge in [0.15, 0.2) is 0 Å². The van der Waals surface area contributed by atoms with Crippen LogP contribution in [0.2, 0.25) is 0 Å². The molecule has 1 aromatic carbocycles. The lowest BCUT2D eigenvalue weighted by Crippen LogP contribution is -2.30. The number of halogens is 2. The van der Waals surface area contributed by atoms with Gasteiger partial charge in [-0.15, -0.1) is 0 Å². The topological polar surface area (TPSA) is 66.4 Å². The molecule has 114 valence electrons. The fraction of sp³-hybridized carbons (Fsp3) is 0.538. The van der Waals surface area contributed by atoms with Crippen LogP contribution in [0, 0.1) is 5.92 Å². The van der Waals surface area contributed by atoms with Crippen molar-refractivity contribution in [3.05, 3.63) is 27.1 Å². The van der Waals surface area contributed by atoms with Crippen molar-refractivity contribution in [2.24, 2.45) is 5.92 Å². The molecule has 7 heteroatoms. The largest absolute Gasteiger partial charge is 0.396 e. The molecule has 0 aliphatic heterocycles. The van der Waals surface area contributed by atoms with Crippen LogP contribution in [0.3, 0.4) is 0 Å². The summed E-state index contributed by atoms with van der Waals surface area (Å²) in [5, 5.41) is 8.99. The van der Waals surface area contributed by atoms with Crippen LogP contribution in [0.1, 0.15) is 26.2 Å². The molecule has 0 bridgehead atoms. The monoisotopic (exact) mass is 427 g/mol. The summed E-state index contributed by atoms with van der Waals surface area (Å²) in [7, 11) is -3.54. The first-order valence-corrected chi connectivity index (χ1v) is 9.53. The summed E-state index contributed by atoms with van der Waals surface area (Å²) in [4.78, 5) is 0.222. The van der Waals surface area contributed by atoms with Crippen molar-refractivity contribution in [2.45, 2.75) is 31.1 Å². The molecule has 0 aromatic heterocycles. The molecule has 0 spiro atoms. The van der Waals surface area contributed by atoms with E-state index in [0.717, 1.165) is 17.3 Å². The zero-order chi connectivity index (χ0) is 15.2. The number of nitrogens with one attached hydrogen (secondary N) is 1. The molecule has 0 aliphatic carbocycles. The fourth-order valence-corrected chi connectivity index (χ4v) is 4.80. The van der Waals surface area contributed by atoms with Crippen molar-refractivity contribution in [3.63, 3.8) is 0 Å². The number of hydrogen-bond acceptors (Lipinski definition) is 3. The van der Waals surface area contributed by atoms with Crippen LogP contribution in [0.15, 0.2) is 32.0 Å². The maximum atomic E-state index is 12.3. The van der Waals surface area contributed by atoms with Gasteiger partial charge in [0.25, 0.3) is 0 Å². The van der Waals surface area contributed by atoms with E-state index in [1.54, 1.807) is 18.2 Å². The molecule has 1 unspecified atom stereocenters. The van der Waals surface area contributed by atoms with Crippen LogP contribution in [0.25, 0.3) is 0 Å². The number of rotatable bonds is 8. The lowest BCUT2D eigenvalue weighted by atomic mass is 10.0. The van der Waals surface area contributed by atoms with E-state index in [1.165, 1.54) is 0 Å². The number of sulfonamides is 1. The van der Waals surface area contributed by atoms with Gasteiger partial charge >= 0.3 is 0 Å². The third-order valence-corrected chi connectivity index (χ3v) is 5.87. The van der Waals surface area contributed by atoms with Gasteiger partial charge in [0.2, 0.25) is 10.0 Å². The van der Waals surface area contributed by atoms with Crippen molar-refractivity contribution in [3.8, 4) is 0 Å². The second-order valence-corrected chi connectivity index (χ2v) is 8.10.